The Morgan fingerprint density at radius 1 is 1.14 bits per heavy atom. The molecule has 1 spiro atoms. The number of benzene rings is 1. The molecule has 1 saturated carbocycles. The number of thiazole rings is 1. The summed E-state index contributed by atoms with van der Waals surface area (Å²) in [5.74, 6) is 0.00171. The maximum Gasteiger partial charge on any atom is 0.329 e. The van der Waals surface area contributed by atoms with Gasteiger partial charge in [0.1, 0.15) is 11.6 Å². The molecule has 2 aromatic rings. The fraction of sp³-hybridized carbons (Fsp3) is 0.571. The second kappa shape index (κ2) is 7.12. The lowest BCUT2D eigenvalue weighted by molar-refractivity contribution is -0.925. The summed E-state index contributed by atoms with van der Waals surface area (Å²) in [5, 5.41) is 4.20. The first-order chi connectivity index (χ1) is 13.7. The van der Waals surface area contributed by atoms with Gasteiger partial charge in [0, 0.05) is 12.8 Å². The summed E-state index contributed by atoms with van der Waals surface area (Å²) >= 11 is 1.75. The van der Waals surface area contributed by atoms with E-state index in [0.29, 0.717) is 6.67 Å². The van der Waals surface area contributed by atoms with Crippen molar-refractivity contribution in [2.45, 2.75) is 62.9 Å². The van der Waals surface area contributed by atoms with Crippen molar-refractivity contribution in [3.8, 4) is 0 Å². The molecule has 1 aromatic carbocycles. The van der Waals surface area contributed by atoms with Crippen LogP contribution in [0.15, 0.2) is 24.3 Å². The second-order valence-corrected chi connectivity index (χ2v) is 9.50. The van der Waals surface area contributed by atoms with Crippen LogP contribution in [0.4, 0.5) is 4.79 Å². The summed E-state index contributed by atoms with van der Waals surface area (Å²) < 4.78 is 1.20. The van der Waals surface area contributed by atoms with Gasteiger partial charge in [-0.25, -0.2) is 14.7 Å². The largest absolute Gasteiger partial charge is 0.329 e. The van der Waals surface area contributed by atoms with E-state index in [-0.39, 0.29) is 18.0 Å². The molecule has 2 N–H and O–H groups in total. The lowest BCUT2D eigenvalue weighted by atomic mass is 9.90. The van der Waals surface area contributed by atoms with Gasteiger partial charge in [-0.05, 0) is 25.0 Å². The Hall–Kier alpha value is -1.99. The van der Waals surface area contributed by atoms with Gasteiger partial charge in [-0.2, -0.15) is 0 Å². The Balaban J connectivity index is 1.36. The third kappa shape index (κ3) is 3.01. The maximum absolute atomic E-state index is 13.2. The number of para-hydroxylation sites is 1. The van der Waals surface area contributed by atoms with Crippen molar-refractivity contribution < 1.29 is 14.5 Å². The summed E-state index contributed by atoms with van der Waals surface area (Å²) in [6, 6.07) is 8.29. The molecule has 6 nitrogen and oxygen atoms in total. The highest BCUT2D eigenvalue weighted by Gasteiger charge is 2.52. The van der Waals surface area contributed by atoms with Crippen LogP contribution in [0.25, 0.3) is 10.2 Å². The number of imide groups is 1. The summed E-state index contributed by atoms with van der Waals surface area (Å²) in [6.45, 7) is 1.43. The van der Waals surface area contributed by atoms with E-state index in [4.69, 9.17) is 4.98 Å². The number of fused-ring (bicyclic) bond motifs is 1. The topological polar surface area (TPSA) is 66.7 Å². The third-order valence-electron chi connectivity index (χ3n) is 6.66. The SMILES string of the molecule is O=C1NC2(CCCCCC2)C(=O)N1C[NH+]1CCC[C@H]1c1nc2ccccc2s1. The average molecular weight is 400 g/mol. The van der Waals surface area contributed by atoms with Gasteiger partial charge in [-0.3, -0.25) is 4.79 Å². The zero-order valence-corrected chi connectivity index (χ0v) is 16.9. The number of amides is 3. The summed E-state index contributed by atoms with van der Waals surface area (Å²) in [7, 11) is 0. The molecule has 7 heteroatoms. The summed E-state index contributed by atoms with van der Waals surface area (Å²) in [4.78, 5) is 33.6. The Bertz CT molecular complexity index is 870. The van der Waals surface area contributed by atoms with Gasteiger partial charge in [0.25, 0.3) is 5.91 Å². The molecular weight excluding hydrogens is 372 g/mol. The van der Waals surface area contributed by atoms with Crippen molar-refractivity contribution in [1.29, 1.82) is 0 Å². The van der Waals surface area contributed by atoms with E-state index in [1.54, 1.807) is 11.3 Å². The minimum Gasteiger partial charge on any atom is -0.323 e. The number of aromatic nitrogens is 1. The van der Waals surface area contributed by atoms with E-state index in [0.717, 1.165) is 68.4 Å². The molecule has 1 aromatic heterocycles. The van der Waals surface area contributed by atoms with E-state index in [2.05, 4.69) is 17.4 Å². The molecule has 28 heavy (non-hydrogen) atoms. The average Bonchev–Trinajstić information content (AvgIpc) is 3.32. The number of likely N-dealkylation sites (tertiary alicyclic amines) is 1. The number of carbonyl (C=O) groups is 2. The molecule has 148 valence electrons. The summed E-state index contributed by atoms with van der Waals surface area (Å²) in [6.07, 6.45) is 8.07. The van der Waals surface area contributed by atoms with E-state index in [1.165, 1.54) is 14.5 Å². The van der Waals surface area contributed by atoms with Gasteiger partial charge in [0.15, 0.2) is 11.7 Å². The van der Waals surface area contributed by atoms with Crippen LogP contribution in [0, 0.1) is 0 Å². The zero-order valence-electron chi connectivity index (χ0n) is 16.1. The van der Waals surface area contributed by atoms with Crippen molar-refractivity contribution >= 4 is 33.5 Å². The Labute approximate surface area is 168 Å². The molecule has 3 fully saturated rings. The van der Waals surface area contributed by atoms with Gasteiger partial charge < -0.3 is 10.2 Å². The number of rotatable bonds is 3. The van der Waals surface area contributed by atoms with E-state index in [9.17, 15) is 9.59 Å². The van der Waals surface area contributed by atoms with Crippen LogP contribution >= 0.6 is 11.3 Å². The Morgan fingerprint density at radius 2 is 1.93 bits per heavy atom. The van der Waals surface area contributed by atoms with E-state index in [1.807, 2.05) is 12.1 Å². The number of nitrogens with one attached hydrogen (secondary N) is 2. The highest BCUT2D eigenvalue weighted by Crippen LogP contribution is 2.33. The van der Waals surface area contributed by atoms with Crippen LogP contribution in [0.1, 0.15) is 62.4 Å². The fourth-order valence-electron chi connectivity index (χ4n) is 5.13. The smallest absolute Gasteiger partial charge is 0.323 e. The molecule has 3 aliphatic rings. The van der Waals surface area contributed by atoms with Crippen molar-refractivity contribution in [2.75, 3.05) is 13.2 Å². The summed E-state index contributed by atoms with van der Waals surface area (Å²) in [5.41, 5.74) is 0.402. The number of carbonyl (C=O) groups excluding carboxylic acids is 2. The second-order valence-electron chi connectivity index (χ2n) is 8.44. The zero-order chi connectivity index (χ0) is 19.1. The molecule has 0 radical (unpaired) electrons. The molecule has 1 unspecified atom stereocenters. The van der Waals surface area contributed by atoms with Crippen LogP contribution in [-0.4, -0.2) is 40.6 Å². The minimum atomic E-state index is -0.641. The maximum atomic E-state index is 13.2. The molecule has 0 bridgehead atoms. The number of nitrogens with zero attached hydrogens (tertiary/aromatic N) is 2. The molecule has 3 amide bonds. The van der Waals surface area contributed by atoms with E-state index >= 15 is 0 Å². The molecule has 5 rings (SSSR count). The van der Waals surface area contributed by atoms with Crippen LogP contribution in [0.3, 0.4) is 0 Å². The van der Waals surface area contributed by atoms with Crippen LogP contribution in [-0.2, 0) is 4.79 Å². The van der Waals surface area contributed by atoms with Crippen LogP contribution < -0.4 is 10.2 Å². The molecule has 2 aliphatic heterocycles. The first-order valence-corrected chi connectivity index (χ1v) is 11.3. The predicted octanol–water partition coefficient (Wildman–Crippen LogP) is 2.62. The number of quaternary nitrogens is 1. The molecule has 2 atom stereocenters. The first-order valence-electron chi connectivity index (χ1n) is 10.5. The fourth-order valence-corrected chi connectivity index (χ4v) is 6.29. The van der Waals surface area contributed by atoms with Crippen LogP contribution in [0.2, 0.25) is 0 Å². The van der Waals surface area contributed by atoms with Gasteiger partial charge in [0.2, 0.25) is 0 Å². The molecular formula is C21H27N4O2S+. The van der Waals surface area contributed by atoms with Gasteiger partial charge in [0.05, 0.1) is 16.8 Å². The molecule has 1 aliphatic carbocycles. The number of hydrogen-bond donors (Lipinski definition) is 2. The van der Waals surface area contributed by atoms with Crippen molar-refractivity contribution in [3.05, 3.63) is 29.3 Å². The monoisotopic (exact) mass is 399 g/mol. The van der Waals surface area contributed by atoms with Crippen LogP contribution in [0.5, 0.6) is 0 Å². The van der Waals surface area contributed by atoms with Crippen molar-refractivity contribution in [2.24, 2.45) is 0 Å². The number of hydrogen-bond acceptors (Lipinski definition) is 4. The Morgan fingerprint density at radius 3 is 2.71 bits per heavy atom. The minimum absolute atomic E-state index is 0.00171. The standard InChI is InChI=1S/C21H26N4O2S/c26-19-21(11-5-1-2-6-12-21)23-20(27)25(19)14-24-13-7-9-16(24)18-22-15-8-3-4-10-17(15)28-18/h3-4,8,10,16H,1-2,5-7,9,11-14H2,(H,23,27)/p+1/t16-/m0/s1. The predicted molar refractivity (Wildman–Crippen MR) is 108 cm³/mol. The highest BCUT2D eigenvalue weighted by atomic mass is 32.1. The van der Waals surface area contributed by atoms with Gasteiger partial charge in [-0.1, -0.05) is 37.8 Å². The number of urea groups is 1. The molecule has 2 saturated heterocycles. The highest BCUT2D eigenvalue weighted by molar-refractivity contribution is 7.18. The quantitative estimate of drug-likeness (QED) is 0.780. The lowest BCUT2D eigenvalue weighted by Crippen LogP contribution is -3.12. The van der Waals surface area contributed by atoms with Crippen molar-refractivity contribution in [1.82, 2.24) is 15.2 Å². The van der Waals surface area contributed by atoms with Gasteiger partial charge in [-0.15, -0.1) is 11.3 Å². The third-order valence-corrected chi connectivity index (χ3v) is 7.81. The molecule has 3 heterocycles. The van der Waals surface area contributed by atoms with Gasteiger partial charge >= 0.3 is 6.03 Å². The lowest BCUT2D eigenvalue weighted by Gasteiger charge is -2.26. The Kier molecular flexibility index (Phi) is 4.59. The normalized spacial score (nSPS) is 27.5. The van der Waals surface area contributed by atoms with E-state index < -0.39 is 5.54 Å². The first kappa shape index (κ1) is 18.1. The van der Waals surface area contributed by atoms with Crippen molar-refractivity contribution in [3.63, 3.8) is 0 Å².